The molecule has 136 valence electrons. The average molecular weight is 359 g/mol. The maximum absolute atomic E-state index is 12.4. The van der Waals surface area contributed by atoms with E-state index in [9.17, 15) is 4.79 Å². The lowest BCUT2D eigenvalue weighted by Gasteiger charge is -2.22. The molecule has 1 amide bonds. The Kier molecular flexibility index (Phi) is 3.53. The van der Waals surface area contributed by atoms with E-state index in [1.807, 2.05) is 31.2 Å². The molecule has 0 spiro atoms. The highest BCUT2D eigenvalue weighted by atomic mass is 16.1. The van der Waals surface area contributed by atoms with Crippen LogP contribution in [0.1, 0.15) is 41.0 Å². The highest BCUT2D eigenvalue weighted by molar-refractivity contribution is 6.00. The van der Waals surface area contributed by atoms with Gasteiger partial charge in [0.05, 0.1) is 16.8 Å². The number of carbonyl (C=O) groups excluding carboxylic acids is 1. The number of allylic oxidation sites excluding steroid dienone is 1. The van der Waals surface area contributed by atoms with E-state index in [0.717, 1.165) is 58.0 Å². The van der Waals surface area contributed by atoms with Gasteiger partial charge in [0.25, 0.3) is 5.91 Å². The van der Waals surface area contributed by atoms with Crippen LogP contribution in [0.5, 0.6) is 0 Å². The lowest BCUT2D eigenvalue weighted by atomic mass is 9.93. The molecule has 2 aliphatic heterocycles. The van der Waals surface area contributed by atoms with Gasteiger partial charge in [0, 0.05) is 36.0 Å². The zero-order valence-corrected chi connectivity index (χ0v) is 15.4. The maximum atomic E-state index is 12.4. The summed E-state index contributed by atoms with van der Waals surface area (Å²) < 4.78 is 0. The lowest BCUT2D eigenvalue weighted by molar-refractivity contribution is 0.0940. The number of nitrogens with zero attached hydrogens (tertiary/aromatic N) is 2. The highest BCUT2D eigenvalue weighted by Gasteiger charge is 2.28. The molecule has 1 atom stereocenters. The fourth-order valence-electron chi connectivity index (χ4n) is 3.93. The van der Waals surface area contributed by atoms with Crippen LogP contribution in [0.25, 0.3) is 22.3 Å². The van der Waals surface area contributed by atoms with Crippen molar-refractivity contribution in [2.75, 3.05) is 18.4 Å². The molecule has 27 heavy (non-hydrogen) atoms. The highest BCUT2D eigenvalue weighted by Crippen LogP contribution is 2.34. The van der Waals surface area contributed by atoms with Gasteiger partial charge in [-0.25, -0.2) is 9.97 Å². The van der Waals surface area contributed by atoms with Crippen molar-refractivity contribution < 1.29 is 4.79 Å². The molecule has 0 radical (unpaired) electrons. The number of carbonyl (C=O) groups is 1. The summed E-state index contributed by atoms with van der Waals surface area (Å²) in [6.07, 6.45) is 3.12. The fourth-order valence-corrected chi connectivity index (χ4v) is 3.93. The van der Waals surface area contributed by atoms with Gasteiger partial charge in [-0.1, -0.05) is 23.8 Å². The predicted molar refractivity (Wildman–Crippen MR) is 106 cm³/mol. The summed E-state index contributed by atoms with van der Waals surface area (Å²) >= 11 is 0. The molecular formula is C21H21N5O. The van der Waals surface area contributed by atoms with Crippen molar-refractivity contribution in [1.82, 2.24) is 20.3 Å². The summed E-state index contributed by atoms with van der Waals surface area (Å²) in [5.41, 5.74) is 7.45. The minimum absolute atomic E-state index is 0.0129. The summed E-state index contributed by atoms with van der Waals surface area (Å²) in [5, 5.41) is 6.45. The van der Waals surface area contributed by atoms with Crippen LogP contribution in [0, 0.1) is 6.92 Å². The maximum Gasteiger partial charge on any atom is 0.253 e. The molecule has 1 aromatic carbocycles. The molecule has 1 unspecified atom stereocenters. The van der Waals surface area contributed by atoms with E-state index >= 15 is 0 Å². The smallest absolute Gasteiger partial charge is 0.253 e. The molecule has 3 aromatic rings. The first-order valence-electron chi connectivity index (χ1n) is 9.28. The van der Waals surface area contributed by atoms with Crippen LogP contribution in [0.3, 0.4) is 0 Å². The van der Waals surface area contributed by atoms with Crippen molar-refractivity contribution in [3.05, 3.63) is 52.9 Å². The van der Waals surface area contributed by atoms with Crippen molar-refractivity contribution in [3.8, 4) is 11.3 Å². The van der Waals surface area contributed by atoms with Gasteiger partial charge in [0.2, 0.25) is 0 Å². The minimum Gasteiger partial charge on any atom is -0.365 e. The monoisotopic (exact) mass is 359 g/mol. The summed E-state index contributed by atoms with van der Waals surface area (Å²) in [6, 6.07) is 7.94. The third-order valence-electron chi connectivity index (χ3n) is 5.45. The quantitative estimate of drug-likeness (QED) is 0.536. The van der Waals surface area contributed by atoms with E-state index < -0.39 is 0 Å². The van der Waals surface area contributed by atoms with E-state index in [4.69, 9.17) is 9.97 Å². The lowest BCUT2D eigenvalue weighted by Crippen LogP contribution is -2.34. The normalized spacial score (nSPS) is 20.7. The molecule has 4 heterocycles. The zero-order chi connectivity index (χ0) is 18.5. The first-order valence-corrected chi connectivity index (χ1v) is 9.28. The van der Waals surface area contributed by atoms with E-state index in [1.165, 1.54) is 5.57 Å². The summed E-state index contributed by atoms with van der Waals surface area (Å²) in [6.45, 7) is 5.47. The van der Waals surface area contributed by atoms with Crippen LogP contribution in [0.15, 0.2) is 35.9 Å². The van der Waals surface area contributed by atoms with Gasteiger partial charge < -0.3 is 15.6 Å². The second-order valence-electron chi connectivity index (χ2n) is 7.39. The Hall–Kier alpha value is -3.15. The number of aromatic amines is 1. The van der Waals surface area contributed by atoms with Gasteiger partial charge >= 0.3 is 0 Å². The van der Waals surface area contributed by atoms with Crippen molar-refractivity contribution in [2.24, 2.45) is 0 Å². The van der Waals surface area contributed by atoms with E-state index in [2.05, 4.69) is 28.6 Å². The fraction of sp³-hybridized carbons (Fsp3) is 0.286. The van der Waals surface area contributed by atoms with Crippen molar-refractivity contribution >= 4 is 22.8 Å². The van der Waals surface area contributed by atoms with Crippen LogP contribution in [-0.2, 0) is 0 Å². The largest absolute Gasteiger partial charge is 0.365 e. The molecule has 5 rings (SSSR count). The van der Waals surface area contributed by atoms with Crippen LogP contribution >= 0.6 is 0 Å². The molecule has 4 bridgehead atoms. The Balaban J connectivity index is 1.79. The van der Waals surface area contributed by atoms with Crippen LogP contribution in [-0.4, -0.2) is 33.9 Å². The minimum atomic E-state index is -0.0129. The Morgan fingerprint density at radius 3 is 2.89 bits per heavy atom. The zero-order valence-electron chi connectivity index (χ0n) is 15.4. The SMILES string of the molecule is C/C1=C\CC2CNC(=O)c3cc([nH]c32)-c2cccc3nc(C)c(nc23)NC1. The molecule has 2 aliphatic rings. The number of aryl methyl sites for hydroxylation is 1. The number of aromatic nitrogens is 3. The summed E-state index contributed by atoms with van der Waals surface area (Å²) in [4.78, 5) is 25.5. The standard InChI is InChI=1S/C21H21N5O/c1-11-6-7-13-10-23-21(27)15-8-17(25-18(13)15)14-4-3-5-16-19(14)26-20(22-9-11)12(2)24-16/h3-6,8,13,25H,7,9-10H2,1-2H3,(H,22,26)(H,23,27)/b11-6+. The second kappa shape index (κ2) is 5.94. The number of amides is 1. The first-order chi connectivity index (χ1) is 13.1. The number of anilines is 1. The Labute approximate surface area is 157 Å². The van der Waals surface area contributed by atoms with E-state index in [1.54, 1.807) is 0 Å². The third-order valence-corrected chi connectivity index (χ3v) is 5.45. The van der Waals surface area contributed by atoms with Crippen molar-refractivity contribution in [3.63, 3.8) is 0 Å². The second-order valence-corrected chi connectivity index (χ2v) is 7.39. The molecular weight excluding hydrogens is 338 g/mol. The number of para-hydroxylation sites is 1. The van der Waals surface area contributed by atoms with Gasteiger partial charge in [-0.05, 0) is 32.4 Å². The number of nitrogens with one attached hydrogen (secondary N) is 3. The molecule has 0 saturated carbocycles. The predicted octanol–water partition coefficient (Wildman–Crippen LogP) is 3.52. The molecule has 6 nitrogen and oxygen atoms in total. The van der Waals surface area contributed by atoms with Crippen LogP contribution in [0.2, 0.25) is 0 Å². The Morgan fingerprint density at radius 1 is 1.11 bits per heavy atom. The number of hydrogen-bond donors (Lipinski definition) is 3. The third kappa shape index (κ3) is 2.60. The number of benzene rings is 1. The van der Waals surface area contributed by atoms with Gasteiger partial charge in [-0.2, -0.15) is 0 Å². The van der Waals surface area contributed by atoms with Gasteiger partial charge in [0.15, 0.2) is 0 Å². The molecule has 0 fully saturated rings. The Morgan fingerprint density at radius 2 is 2.00 bits per heavy atom. The molecule has 3 N–H and O–H groups in total. The van der Waals surface area contributed by atoms with Gasteiger partial charge in [0.1, 0.15) is 11.3 Å². The Bertz CT molecular complexity index is 1110. The van der Waals surface area contributed by atoms with Crippen molar-refractivity contribution in [1.29, 1.82) is 0 Å². The van der Waals surface area contributed by atoms with Crippen LogP contribution < -0.4 is 10.6 Å². The molecule has 0 aliphatic carbocycles. The topological polar surface area (TPSA) is 82.7 Å². The average Bonchev–Trinajstić information content (AvgIpc) is 3.11. The van der Waals surface area contributed by atoms with E-state index in [-0.39, 0.29) is 11.8 Å². The van der Waals surface area contributed by atoms with Gasteiger partial charge in [-0.3, -0.25) is 4.79 Å². The summed E-state index contributed by atoms with van der Waals surface area (Å²) in [5.74, 6) is 1.04. The number of hydrogen-bond acceptors (Lipinski definition) is 4. The van der Waals surface area contributed by atoms with E-state index in [0.29, 0.717) is 6.54 Å². The molecule has 2 aromatic heterocycles. The molecule has 0 saturated heterocycles. The van der Waals surface area contributed by atoms with Gasteiger partial charge in [-0.15, -0.1) is 0 Å². The first kappa shape index (κ1) is 16.1. The van der Waals surface area contributed by atoms with Crippen molar-refractivity contribution in [2.45, 2.75) is 26.2 Å². The number of rotatable bonds is 0. The molecule has 6 heteroatoms. The summed E-state index contributed by atoms with van der Waals surface area (Å²) in [7, 11) is 0. The number of fused-ring (bicyclic) bond motifs is 3. The number of H-pyrrole nitrogens is 1. The van der Waals surface area contributed by atoms with Crippen LogP contribution in [0.4, 0.5) is 5.82 Å².